The van der Waals surface area contributed by atoms with E-state index in [1.54, 1.807) is 27.7 Å². The van der Waals surface area contributed by atoms with Gasteiger partial charge < -0.3 is 25.1 Å². The Morgan fingerprint density at radius 1 is 0.956 bits per heavy atom. The lowest BCUT2D eigenvalue weighted by Crippen LogP contribution is -2.57. The molecule has 15 heteroatoms. The highest BCUT2D eigenvalue weighted by Crippen LogP contribution is 2.31. The van der Waals surface area contributed by atoms with Crippen LogP contribution >= 0.6 is 0 Å². The summed E-state index contributed by atoms with van der Waals surface area (Å²) in [4.78, 5) is 64.9. The third kappa shape index (κ3) is 9.35. The molecule has 2 heterocycles. The number of Topliss-reactive ketones (excluding diaryl/α,β-unsaturated/α-hetero) is 1. The van der Waals surface area contributed by atoms with Gasteiger partial charge in [0.05, 0.1) is 11.6 Å². The van der Waals surface area contributed by atoms with Crippen LogP contribution in [0.4, 0.5) is 13.2 Å². The molecular weight excluding hydrogens is 599 g/mol. The van der Waals surface area contributed by atoms with E-state index in [2.05, 4.69) is 20.8 Å². The Morgan fingerprint density at radius 3 is 2.16 bits per heavy atom. The number of aromatic nitrogens is 2. The molecule has 12 nitrogen and oxygen atoms in total. The van der Waals surface area contributed by atoms with E-state index in [9.17, 15) is 37.1 Å². The lowest BCUT2D eigenvalue weighted by molar-refractivity contribution is -0.142. The molecule has 0 aliphatic carbocycles. The van der Waals surface area contributed by atoms with Crippen LogP contribution in [-0.4, -0.2) is 74.3 Å². The maximum atomic E-state index is 13.5. The van der Waals surface area contributed by atoms with E-state index in [0.717, 1.165) is 24.3 Å². The Morgan fingerprint density at radius 2 is 1.58 bits per heavy atom. The number of nitrogens with zero attached hydrogens (tertiary/aromatic N) is 3. The topological polar surface area (TPSA) is 172 Å². The minimum Gasteiger partial charge on any atom is -0.481 e. The molecule has 1 fully saturated rings. The van der Waals surface area contributed by atoms with Gasteiger partial charge in [-0.1, -0.05) is 27.7 Å². The molecule has 1 aliphatic rings. The van der Waals surface area contributed by atoms with Crippen molar-refractivity contribution in [3.63, 3.8) is 0 Å². The van der Waals surface area contributed by atoms with Gasteiger partial charge in [0.25, 0.3) is 5.89 Å². The summed E-state index contributed by atoms with van der Waals surface area (Å²) in [7, 11) is 0. The second-order valence-electron chi connectivity index (χ2n) is 11.7. The van der Waals surface area contributed by atoms with Crippen molar-refractivity contribution in [3.8, 4) is 11.5 Å². The zero-order chi connectivity index (χ0) is 33.5. The number of ketones is 1. The first kappa shape index (κ1) is 35.2. The number of halogens is 3. The maximum Gasteiger partial charge on any atom is 0.416 e. The monoisotopic (exact) mass is 637 g/mol. The van der Waals surface area contributed by atoms with Gasteiger partial charge in [0, 0.05) is 24.9 Å². The van der Waals surface area contributed by atoms with Gasteiger partial charge in [-0.3, -0.25) is 24.0 Å². The number of alkyl halides is 3. The van der Waals surface area contributed by atoms with Crippen LogP contribution in [0.15, 0.2) is 28.7 Å². The van der Waals surface area contributed by atoms with Crippen LogP contribution < -0.4 is 10.6 Å². The van der Waals surface area contributed by atoms with Crippen molar-refractivity contribution in [1.82, 2.24) is 25.7 Å². The number of carboxylic acid groups (broad SMARTS) is 1. The van der Waals surface area contributed by atoms with Gasteiger partial charge in [-0.05, 0) is 61.8 Å². The van der Waals surface area contributed by atoms with Crippen molar-refractivity contribution in [2.75, 3.05) is 6.54 Å². The van der Waals surface area contributed by atoms with E-state index >= 15 is 0 Å². The van der Waals surface area contributed by atoms with Crippen LogP contribution in [0.1, 0.15) is 82.5 Å². The Balaban J connectivity index is 1.68. The highest BCUT2D eigenvalue weighted by Gasteiger charge is 2.40. The number of aliphatic carboxylic acids is 1. The molecule has 3 rings (SSSR count). The number of nitrogens with one attached hydrogen (secondary N) is 2. The Labute approximate surface area is 258 Å². The van der Waals surface area contributed by atoms with E-state index in [1.165, 1.54) is 4.90 Å². The third-order valence-electron chi connectivity index (χ3n) is 7.47. The number of carboxylic acids is 1. The first-order valence-corrected chi connectivity index (χ1v) is 14.8. The predicted octanol–water partition coefficient (Wildman–Crippen LogP) is 3.86. The molecule has 1 aromatic carbocycles. The minimum absolute atomic E-state index is 0.0577. The summed E-state index contributed by atoms with van der Waals surface area (Å²) < 4.78 is 44.1. The SMILES string of the molecule is CC(C)C(NC(=O)[C@@H]1CCCN1C(=O)C(NC(=O)CCCCC(=O)O)C(C)C)C(=O)c1nnc(-c2ccc(C(F)(F)F)cc2)o1. The van der Waals surface area contributed by atoms with E-state index < -0.39 is 71.1 Å². The predicted molar refractivity (Wildman–Crippen MR) is 153 cm³/mol. The highest BCUT2D eigenvalue weighted by molar-refractivity contribution is 6.00. The fourth-order valence-electron chi connectivity index (χ4n) is 4.96. The van der Waals surface area contributed by atoms with Crippen LogP contribution in [0.25, 0.3) is 11.5 Å². The van der Waals surface area contributed by atoms with Crippen molar-refractivity contribution in [1.29, 1.82) is 0 Å². The Hall–Kier alpha value is -4.30. The molecule has 0 bridgehead atoms. The average Bonchev–Trinajstić information content (AvgIpc) is 3.66. The molecule has 1 saturated heterocycles. The molecule has 2 aromatic rings. The Kier molecular flexibility index (Phi) is 11.8. The molecule has 3 N–H and O–H groups in total. The second-order valence-corrected chi connectivity index (χ2v) is 11.7. The standard InChI is InChI=1S/C30H38F3N5O7/c1-16(2)23(25(42)28-37-36-27(45-28)18-11-13-19(14-12-18)30(31,32)33)35-26(43)20-8-7-15-38(20)29(44)24(17(3)4)34-21(39)9-5-6-10-22(40)41/h11-14,16-17,20,23-24H,5-10,15H2,1-4H3,(H,34,39)(H,35,43)(H,40,41)/t20-,23?,24?/m0/s1. The van der Waals surface area contributed by atoms with Gasteiger partial charge in [-0.25, -0.2) is 0 Å². The quantitative estimate of drug-likeness (QED) is 0.206. The molecule has 45 heavy (non-hydrogen) atoms. The van der Waals surface area contributed by atoms with Gasteiger partial charge in [0.1, 0.15) is 12.1 Å². The van der Waals surface area contributed by atoms with Crippen molar-refractivity contribution in [2.24, 2.45) is 11.8 Å². The third-order valence-corrected chi connectivity index (χ3v) is 7.47. The number of hydrogen-bond acceptors (Lipinski definition) is 8. The minimum atomic E-state index is -4.52. The molecule has 246 valence electrons. The van der Waals surface area contributed by atoms with Crippen molar-refractivity contribution in [3.05, 3.63) is 35.7 Å². The summed E-state index contributed by atoms with van der Waals surface area (Å²) in [6.07, 6.45) is -2.99. The zero-order valence-electron chi connectivity index (χ0n) is 25.5. The van der Waals surface area contributed by atoms with Crippen LogP contribution in [0.3, 0.4) is 0 Å². The highest BCUT2D eigenvalue weighted by atomic mass is 19.4. The summed E-state index contributed by atoms with van der Waals surface area (Å²) in [6.45, 7) is 7.17. The lowest BCUT2D eigenvalue weighted by atomic mass is 9.98. The molecule has 0 spiro atoms. The lowest BCUT2D eigenvalue weighted by Gasteiger charge is -2.31. The fourth-order valence-corrected chi connectivity index (χ4v) is 4.96. The first-order valence-electron chi connectivity index (χ1n) is 14.8. The van der Waals surface area contributed by atoms with Gasteiger partial charge >= 0.3 is 12.1 Å². The fraction of sp³-hybridized carbons (Fsp3) is 0.567. The van der Waals surface area contributed by atoms with E-state index in [-0.39, 0.29) is 36.8 Å². The van der Waals surface area contributed by atoms with Crippen LogP contribution in [-0.2, 0) is 25.4 Å². The number of amides is 3. The number of carbonyl (C=O) groups is 5. The molecule has 0 radical (unpaired) electrons. The number of carbonyl (C=O) groups excluding carboxylic acids is 4. The molecular formula is C30H38F3N5O7. The molecule has 0 saturated carbocycles. The second kappa shape index (κ2) is 15.1. The average molecular weight is 638 g/mol. The molecule has 1 aromatic heterocycles. The molecule has 1 aliphatic heterocycles. The van der Waals surface area contributed by atoms with Crippen molar-refractivity contribution in [2.45, 2.75) is 90.5 Å². The van der Waals surface area contributed by atoms with Gasteiger partial charge in [-0.15, -0.1) is 10.2 Å². The van der Waals surface area contributed by atoms with Gasteiger partial charge in [-0.2, -0.15) is 13.2 Å². The summed E-state index contributed by atoms with van der Waals surface area (Å²) in [5.74, 6) is -4.39. The largest absolute Gasteiger partial charge is 0.481 e. The van der Waals surface area contributed by atoms with Crippen LogP contribution in [0.5, 0.6) is 0 Å². The number of benzene rings is 1. The zero-order valence-corrected chi connectivity index (χ0v) is 25.5. The van der Waals surface area contributed by atoms with Crippen LogP contribution in [0, 0.1) is 11.8 Å². The summed E-state index contributed by atoms with van der Waals surface area (Å²) in [5, 5.41) is 21.7. The number of rotatable bonds is 14. The van der Waals surface area contributed by atoms with Gasteiger partial charge in [0.15, 0.2) is 0 Å². The molecule has 3 amide bonds. The number of likely N-dealkylation sites (tertiary alicyclic amines) is 1. The van der Waals surface area contributed by atoms with E-state index in [4.69, 9.17) is 9.52 Å². The molecule has 2 unspecified atom stereocenters. The van der Waals surface area contributed by atoms with Crippen LogP contribution in [0.2, 0.25) is 0 Å². The van der Waals surface area contributed by atoms with Gasteiger partial charge in [0.2, 0.25) is 29.4 Å². The number of unbranched alkanes of at least 4 members (excludes halogenated alkanes) is 1. The molecule has 3 atom stereocenters. The summed E-state index contributed by atoms with van der Waals surface area (Å²) in [6, 6.07) is 1.08. The summed E-state index contributed by atoms with van der Waals surface area (Å²) >= 11 is 0. The van der Waals surface area contributed by atoms with E-state index in [0.29, 0.717) is 25.7 Å². The first-order chi connectivity index (χ1) is 21.1. The summed E-state index contributed by atoms with van der Waals surface area (Å²) in [5.41, 5.74) is -0.689. The maximum absolute atomic E-state index is 13.5. The van der Waals surface area contributed by atoms with Crippen molar-refractivity contribution >= 4 is 29.5 Å². The Bertz CT molecular complexity index is 1370. The number of hydrogen-bond donors (Lipinski definition) is 3. The smallest absolute Gasteiger partial charge is 0.416 e. The van der Waals surface area contributed by atoms with E-state index in [1.807, 2.05) is 0 Å². The van der Waals surface area contributed by atoms with Crippen molar-refractivity contribution < 1.29 is 46.7 Å². The normalized spacial score (nSPS) is 16.5.